The molecule has 1 aliphatic heterocycles. The van der Waals surface area contributed by atoms with Gasteiger partial charge in [0.2, 0.25) is 0 Å². The largest absolute Gasteiger partial charge is 0.507 e. The highest BCUT2D eigenvalue weighted by atomic mass is 16.5. The average molecular weight is 492 g/mol. The molecule has 0 radical (unpaired) electrons. The number of hydrogen-bond acceptors (Lipinski definition) is 6. The Morgan fingerprint density at radius 1 is 0.919 bits per heavy atom. The van der Waals surface area contributed by atoms with Gasteiger partial charge in [-0.05, 0) is 66.1 Å². The quantitative estimate of drug-likeness (QED) is 0.223. The molecule has 2 aromatic heterocycles. The number of aryl methyl sites for hydroxylation is 1. The predicted molar refractivity (Wildman–Crippen MR) is 138 cm³/mol. The maximum absolute atomic E-state index is 13.2. The van der Waals surface area contributed by atoms with Crippen molar-refractivity contribution >= 4 is 17.4 Å². The number of rotatable bonds is 7. The minimum Gasteiger partial charge on any atom is -0.507 e. The number of aliphatic hydroxyl groups is 1. The van der Waals surface area contributed by atoms with E-state index in [9.17, 15) is 14.7 Å². The number of amides is 1. The van der Waals surface area contributed by atoms with Crippen LogP contribution < -0.4 is 4.74 Å². The van der Waals surface area contributed by atoms with Gasteiger partial charge in [-0.15, -0.1) is 0 Å². The number of benzene rings is 2. The Morgan fingerprint density at radius 2 is 1.68 bits per heavy atom. The molecule has 184 valence electrons. The summed E-state index contributed by atoms with van der Waals surface area (Å²) >= 11 is 0. The fraction of sp³-hybridized carbons (Fsp3) is 0.133. The van der Waals surface area contributed by atoms with Gasteiger partial charge in [-0.1, -0.05) is 35.9 Å². The summed E-state index contributed by atoms with van der Waals surface area (Å²) in [6.07, 6.45) is 6.49. The topological polar surface area (TPSA) is 92.6 Å². The van der Waals surface area contributed by atoms with Crippen molar-refractivity contribution in [2.45, 2.75) is 26.1 Å². The molecule has 1 amide bonds. The van der Waals surface area contributed by atoms with E-state index >= 15 is 0 Å². The second kappa shape index (κ2) is 10.5. The number of hydrogen-bond donors (Lipinski definition) is 1. The van der Waals surface area contributed by atoms with Crippen molar-refractivity contribution in [3.63, 3.8) is 0 Å². The molecule has 0 unspecified atom stereocenters. The average Bonchev–Trinajstić information content (AvgIpc) is 3.18. The Hall–Kier alpha value is -4.78. The lowest BCUT2D eigenvalue weighted by Gasteiger charge is -2.25. The van der Waals surface area contributed by atoms with E-state index in [1.807, 2.05) is 31.2 Å². The fourth-order valence-corrected chi connectivity index (χ4v) is 4.46. The van der Waals surface area contributed by atoms with E-state index in [4.69, 9.17) is 4.74 Å². The molecule has 1 aliphatic rings. The van der Waals surface area contributed by atoms with Gasteiger partial charge in [0, 0.05) is 36.9 Å². The molecule has 0 saturated carbocycles. The van der Waals surface area contributed by atoms with Crippen LogP contribution in [-0.2, 0) is 22.7 Å². The van der Waals surface area contributed by atoms with Crippen LogP contribution in [0.2, 0.25) is 0 Å². The number of carbonyl (C=O) groups is 2. The number of aromatic nitrogens is 2. The highest BCUT2D eigenvalue weighted by molar-refractivity contribution is 6.46. The third kappa shape index (κ3) is 5.11. The number of carbonyl (C=O) groups excluding carboxylic acids is 2. The lowest BCUT2D eigenvalue weighted by Crippen LogP contribution is -2.29. The first-order chi connectivity index (χ1) is 18.0. The lowest BCUT2D eigenvalue weighted by atomic mass is 9.96. The SMILES string of the molecule is Cc1cccc(COc2ccc(C(O)=C3C(=O)C(=O)N(Cc4cccnc4)[C@@H]3c3ccncc3)cc2)c1. The third-order valence-corrected chi connectivity index (χ3v) is 6.25. The molecule has 3 heterocycles. The van der Waals surface area contributed by atoms with E-state index < -0.39 is 17.7 Å². The summed E-state index contributed by atoms with van der Waals surface area (Å²) in [4.78, 5) is 35.9. The van der Waals surface area contributed by atoms with Crippen molar-refractivity contribution in [2.75, 3.05) is 0 Å². The van der Waals surface area contributed by atoms with Crippen molar-refractivity contribution in [3.8, 4) is 5.75 Å². The Morgan fingerprint density at radius 3 is 2.38 bits per heavy atom. The highest BCUT2D eigenvalue weighted by Gasteiger charge is 2.46. The molecule has 2 aromatic carbocycles. The van der Waals surface area contributed by atoms with Crippen LogP contribution in [0.15, 0.2) is 103 Å². The minimum atomic E-state index is -0.763. The first-order valence-corrected chi connectivity index (χ1v) is 11.9. The maximum Gasteiger partial charge on any atom is 0.295 e. The molecule has 0 bridgehead atoms. The molecule has 5 rings (SSSR count). The van der Waals surface area contributed by atoms with Crippen LogP contribution in [0.3, 0.4) is 0 Å². The van der Waals surface area contributed by atoms with Gasteiger partial charge >= 0.3 is 0 Å². The summed E-state index contributed by atoms with van der Waals surface area (Å²) in [5, 5.41) is 11.3. The molecule has 0 spiro atoms. The molecular weight excluding hydrogens is 466 g/mol. The smallest absolute Gasteiger partial charge is 0.295 e. The van der Waals surface area contributed by atoms with Crippen molar-refractivity contribution in [1.82, 2.24) is 14.9 Å². The summed E-state index contributed by atoms with van der Waals surface area (Å²) in [5.41, 5.74) is 4.12. The number of likely N-dealkylation sites (tertiary alicyclic amines) is 1. The standard InChI is InChI=1S/C30H25N3O4/c1-20-4-2-5-21(16-20)19-37-25-9-7-24(8-10-25)28(34)26-27(23-11-14-31-15-12-23)33(30(36)29(26)35)18-22-6-3-13-32-17-22/h2-17,27,34H,18-19H2,1H3/t27-/m1/s1. The molecule has 1 fully saturated rings. The first-order valence-electron chi connectivity index (χ1n) is 11.9. The summed E-state index contributed by atoms with van der Waals surface area (Å²) in [6, 6.07) is 21.2. The Bertz CT molecular complexity index is 1450. The molecule has 4 aromatic rings. The van der Waals surface area contributed by atoms with Crippen molar-refractivity contribution in [1.29, 1.82) is 0 Å². The number of pyridine rings is 2. The van der Waals surface area contributed by atoms with Crippen molar-refractivity contribution < 1.29 is 19.4 Å². The molecule has 1 saturated heterocycles. The minimum absolute atomic E-state index is 0.0357. The second-order valence-electron chi connectivity index (χ2n) is 8.87. The van der Waals surface area contributed by atoms with Gasteiger partial charge in [0.25, 0.3) is 11.7 Å². The maximum atomic E-state index is 13.2. The van der Waals surface area contributed by atoms with Gasteiger partial charge in [-0.3, -0.25) is 19.6 Å². The number of Topliss-reactive ketones (excluding diaryl/α,β-unsaturated/α-hetero) is 1. The summed E-state index contributed by atoms with van der Waals surface area (Å²) in [7, 11) is 0. The van der Waals surface area contributed by atoms with E-state index in [2.05, 4.69) is 16.0 Å². The van der Waals surface area contributed by atoms with E-state index in [1.54, 1.807) is 67.3 Å². The van der Waals surface area contributed by atoms with Gasteiger partial charge in [0.1, 0.15) is 18.1 Å². The van der Waals surface area contributed by atoms with E-state index in [0.29, 0.717) is 23.5 Å². The number of ketones is 1. The van der Waals surface area contributed by atoms with Crippen molar-refractivity contribution in [3.05, 3.63) is 131 Å². The zero-order chi connectivity index (χ0) is 25.8. The monoisotopic (exact) mass is 491 g/mol. The van der Waals surface area contributed by atoms with Crippen LogP contribution in [0.4, 0.5) is 0 Å². The number of aliphatic hydroxyl groups excluding tert-OH is 1. The van der Waals surface area contributed by atoms with Gasteiger partial charge in [-0.25, -0.2) is 0 Å². The molecule has 1 N–H and O–H groups in total. The second-order valence-corrected chi connectivity index (χ2v) is 8.87. The van der Waals surface area contributed by atoms with Crippen molar-refractivity contribution in [2.24, 2.45) is 0 Å². The van der Waals surface area contributed by atoms with Gasteiger partial charge in [0.15, 0.2) is 0 Å². The van der Waals surface area contributed by atoms with Gasteiger partial charge in [-0.2, -0.15) is 0 Å². The van der Waals surface area contributed by atoms with E-state index in [0.717, 1.165) is 16.7 Å². The van der Waals surface area contributed by atoms with E-state index in [1.165, 1.54) is 4.90 Å². The van der Waals surface area contributed by atoms with Crippen LogP contribution in [0, 0.1) is 6.92 Å². The highest BCUT2D eigenvalue weighted by Crippen LogP contribution is 2.40. The molecule has 1 atom stereocenters. The number of nitrogens with zero attached hydrogens (tertiary/aromatic N) is 3. The summed E-state index contributed by atoms with van der Waals surface area (Å²) in [6.45, 7) is 2.61. The zero-order valence-corrected chi connectivity index (χ0v) is 20.2. The molecule has 7 nitrogen and oxygen atoms in total. The predicted octanol–water partition coefficient (Wildman–Crippen LogP) is 4.99. The Kier molecular flexibility index (Phi) is 6.76. The molecular formula is C30H25N3O4. The summed E-state index contributed by atoms with van der Waals surface area (Å²) in [5.74, 6) is -1.02. The zero-order valence-electron chi connectivity index (χ0n) is 20.2. The Labute approximate surface area is 214 Å². The fourth-order valence-electron chi connectivity index (χ4n) is 4.46. The van der Waals surface area contributed by atoms with Crippen LogP contribution in [0.1, 0.15) is 33.9 Å². The van der Waals surface area contributed by atoms with Crippen LogP contribution in [0.25, 0.3) is 5.76 Å². The van der Waals surface area contributed by atoms with Crippen LogP contribution in [-0.4, -0.2) is 31.7 Å². The molecule has 0 aliphatic carbocycles. The van der Waals surface area contributed by atoms with Crippen LogP contribution >= 0.6 is 0 Å². The normalized spacial score (nSPS) is 16.7. The lowest BCUT2D eigenvalue weighted by molar-refractivity contribution is -0.140. The van der Waals surface area contributed by atoms with Gasteiger partial charge < -0.3 is 14.7 Å². The summed E-state index contributed by atoms with van der Waals surface area (Å²) < 4.78 is 5.88. The molecule has 37 heavy (non-hydrogen) atoms. The van der Waals surface area contributed by atoms with E-state index in [-0.39, 0.29) is 17.9 Å². The van der Waals surface area contributed by atoms with Crippen LogP contribution in [0.5, 0.6) is 5.75 Å². The van der Waals surface area contributed by atoms with Gasteiger partial charge in [0.05, 0.1) is 11.6 Å². The molecule has 7 heteroatoms. The third-order valence-electron chi connectivity index (χ3n) is 6.25. The Balaban J connectivity index is 1.45. The first kappa shape index (κ1) is 23.9. The number of ether oxygens (including phenoxy) is 1.